The van der Waals surface area contributed by atoms with E-state index in [9.17, 15) is 27.2 Å². The van der Waals surface area contributed by atoms with Crippen LogP contribution in [-0.4, -0.2) is 33.0 Å². The summed E-state index contributed by atoms with van der Waals surface area (Å²) in [5.74, 6) is -0.844. The Kier molecular flexibility index (Phi) is 6.45. The molecule has 0 bridgehead atoms. The maximum Gasteiger partial charge on any atom is 0.435 e. The summed E-state index contributed by atoms with van der Waals surface area (Å²) in [6.07, 6.45) is -1.41. The molecule has 10 heteroatoms. The summed E-state index contributed by atoms with van der Waals surface area (Å²) in [7, 11) is 0. The van der Waals surface area contributed by atoms with E-state index >= 15 is 0 Å². The maximum atomic E-state index is 13.6. The monoisotopic (exact) mass is 466 g/mol. The van der Waals surface area contributed by atoms with Crippen LogP contribution < -0.4 is 5.73 Å². The summed E-state index contributed by atoms with van der Waals surface area (Å²) >= 11 is 0. The number of carbonyl (C=O) groups excluding carboxylic acids is 2. The first-order chi connectivity index (χ1) is 15.6. The topological polar surface area (TPSA) is 81.2 Å². The fourth-order valence-electron chi connectivity index (χ4n) is 4.84. The number of fused-ring (bicyclic) bond motifs is 1. The van der Waals surface area contributed by atoms with Crippen LogP contribution in [0.3, 0.4) is 0 Å². The van der Waals surface area contributed by atoms with Crippen molar-refractivity contribution in [1.82, 2.24) is 14.7 Å². The second kappa shape index (κ2) is 9.15. The van der Waals surface area contributed by atoms with Crippen molar-refractivity contribution in [3.05, 3.63) is 52.6 Å². The van der Waals surface area contributed by atoms with Crippen LogP contribution in [0.25, 0.3) is 0 Å². The van der Waals surface area contributed by atoms with Crippen molar-refractivity contribution in [2.24, 2.45) is 17.6 Å². The van der Waals surface area contributed by atoms with Crippen molar-refractivity contribution in [3.8, 4) is 0 Å². The number of hydrogen-bond donors (Lipinski definition) is 1. The molecule has 4 rings (SSSR count). The highest BCUT2D eigenvalue weighted by Crippen LogP contribution is 2.36. The van der Waals surface area contributed by atoms with Crippen molar-refractivity contribution >= 4 is 11.8 Å². The van der Waals surface area contributed by atoms with E-state index in [2.05, 4.69) is 5.10 Å². The van der Waals surface area contributed by atoms with Crippen LogP contribution in [0.15, 0.2) is 24.3 Å². The minimum atomic E-state index is -4.59. The van der Waals surface area contributed by atoms with Crippen molar-refractivity contribution < 1.29 is 27.2 Å². The van der Waals surface area contributed by atoms with Gasteiger partial charge < -0.3 is 10.6 Å². The zero-order chi connectivity index (χ0) is 23.8. The minimum Gasteiger partial charge on any atom is -0.369 e. The van der Waals surface area contributed by atoms with Gasteiger partial charge in [-0.3, -0.25) is 14.3 Å². The highest BCUT2D eigenvalue weighted by Gasteiger charge is 2.41. The molecule has 2 aliphatic rings. The third kappa shape index (κ3) is 5.20. The largest absolute Gasteiger partial charge is 0.435 e. The molecule has 1 aliphatic carbocycles. The number of halogens is 4. The average molecular weight is 466 g/mol. The lowest BCUT2D eigenvalue weighted by molar-refractivity contribution is -0.142. The smallest absolute Gasteiger partial charge is 0.369 e. The second-order valence-corrected chi connectivity index (χ2v) is 8.95. The third-order valence-corrected chi connectivity index (χ3v) is 6.72. The number of amides is 2. The molecular weight excluding hydrogens is 440 g/mol. The molecule has 1 aromatic carbocycles. The lowest BCUT2D eigenvalue weighted by atomic mass is 9.80. The van der Waals surface area contributed by atoms with E-state index in [0.29, 0.717) is 30.5 Å². The van der Waals surface area contributed by atoms with Crippen molar-refractivity contribution in [3.63, 3.8) is 0 Å². The van der Waals surface area contributed by atoms with Gasteiger partial charge in [0.1, 0.15) is 5.82 Å². The van der Waals surface area contributed by atoms with Crippen LogP contribution >= 0.6 is 0 Å². The quantitative estimate of drug-likeness (QED) is 0.683. The molecule has 6 nitrogen and oxygen atoms in total. The lowest BCUT2D eigenvalue weighted by Crippen LogP contribution is -2.38. The number of aromatic nitrogens is 2. The number of hydrogen-bond acceptors (Lipinski definition) is 3. The van der Waals surface area contributed by atoms with E-state index < -0.39 is 17.7 Å². The second-order valence-electron chi connectivity index (χ2n) is 8.95. The Labute approximate surface area is 188 Å². The number of primary amides is 1. The van der Waals surface area contributed by atoms with Crippen LogP contribution in [0.5, 0.6) is 0 Å². The Morgan fingerprint density at radius 1 is 1.09 bits per heavy atom. The first-order valence-corrected chi connectivity index (χ1v) is 11.1. The van der Waals surface area contributed by atoms with E-state index in [1.807, 2.05) is 0 Å². The SMILES string of the molecule is NC(=O)C1CCC(CC(=O)N2CCc3c(C(F)(F)F)nn(Cc4ccc(F)cc4)c3C2)CC1. The predicted octanol–water partition coefficient (Wildman–Crippen LogP) is 3.66. The number of carbonyl (C=O) groups is 2. The van der Waals surface area contributed by atoms with Crippen LogP contribution in [0.4, 0.5) is 17.6 Å². The highest BCUT2D eigenvalue weighted by molar-refractivity contribution is 5.78. The summed E-state index contributed by atoms with van der Waals surface area (Å²) in [6, 6.07) is 5.51. The molecule has 1 aliphatic heterocycles. The van der Waals surface area contributed by atoms with Crippen molar-refractivity contribution in [2.75, 3.05) is 6.54 Å². The van der Waals surface area contributed by atoms with Crippen LogP contribution in [0.1, 0.15) is 54.6 Å². The zero-order valence-corrected chi connectivity index (χ0v) is 18.1. The van der Waals surface area contributed by atoms with E-state index in [-0.39, 0.29) is 55.3 Å². The molecule has 1 aromatic heterocycles. The molecule has 2 N–H and O–H groups in total. The molecule has 33 heavy (non-hydrogen) atoms. The summed E-state index contributed by atoms with van der Waals surface area (Å²) in [4.78, 5) is 25.9. The fraction of sp³-hybridized carbons (Fsp3) is 0.522. The van der Waals surface area contributed by atoms with Gasteiger partial charge in [-0.2, -0.15) is 18.3 Å². The molecule has 2 aromatic rings. The summed E-state index contributed by atoms with van der Waals surface area (Å²) < 4.78 is 55.3. The van der Waals surface area contributed by atoms with Crippen molar-refractivity contribution in [1.29, 1.82) is 0 Å². The van der Waals surface area contributed by atoms with Gasteiger partial charge in [0.05, 0.1) is 18.8 Å². The molecular formula is C23H26F4N4O2. The summed E-state index contributed by atoms with van der Waals surface area (Å²) in [5, 5.41) is 3.83. The van der Waals surface area contributed by atoms with Gasteiger partial charge in [0.15, 0.2) is 5.69 Å². The van der Waals surface area contributed by atoms with Crippen LogP contribution in [-0.2, 0) is 35.3 Å². The minimum absolute atomic E-state index is 0.0507. The van der Waals surface area contributed by atoms with Crippen LogP contribution in [0, 0.1) is 17.7 Å². The molecule has 0 radical (unpaired) electrons. The van der Waals surface area contributed by atoms with E-state index in [4.69, 9.17) is 5.73 Å². The standard InChI is InChI=1S/C23H26F4N4O2/c24-17-7-3-15(4-8-17)12-31-19-13-30(10-9-18(19)21(29-31)23(25,26)27)20(32)11-14-1-5-16(6-2-14)22(28)33/h3-4,7-8,14,16H,1-2,5-6,9-13H2,(H2,28,33). The molecule has 0 saturated heterocycles. The maximum absolute atomic E-state index is 13.6. The highest BCUT2D eigenvalue weighted by atomic mass is 19.4. The number of nitrogens with two attached hydrogens (primary N) is 1. The molecule has 1 fully saturated rings. The Balaban J connectivity index is 1.49. The van der Waals surface area contributed by atoms with Gasteiger partial charge >= 0.3 is 6.18 Å². The van der Waals surface area contributed by atoms with Gasteiger partial charge in [0.25, 0.3) is 0 Å². The molecule has 178 valence electrons. The summed E-state index contributed by atoms with van der Waals surface area (Å²) in [5.41, 5.74) is 5.55. The predicted molar refractivity (Wildman–Crippen MR) is 111 cm³/mol. The Morgan fingerprint density at radius 2 is 1.76 bits per heavy atom. The van der Waals surface area contributed by atoms with Gasteiger partial charge in [-0.1, -0.05) is 12.1 Å². The van der Waals surface area contributed by atoms with Gasteiger partial charge in [-0.25, -0.2) is 4.39 Å². The Bertz CT molecular complexity index is 1020. The number of rotatable bonds is 5. The first-order valence-electron chi connectivity index (χ1n) is 11.1. The summed E-state index contributed by atoms with van der Waals surface area (Å²) in [6.45, 7) is 0.306. The number of nitrogens with zero attached hydrogens (tertiary/aromatic N) is 3. The molecule has 2 heterocycles. The first kappa shape index (κ1) is 23.3. The Hall–Kier alpha value is -2.91. The molecule has 1 saturated carbocycles. The van der Waals surface area contributed by atoms with Gasteiger partial charge in [0, 0.05) is 24.4 Å². The van der Waals surface area contributed by atoms with Gasteiger partial charge in [-0.15, -0.1) is 0 Å². The van der Waals surface area contributed by atoms with Crippen molar-refractivity contribution in [2.45, 2.75) is 57.8 Å². The Morgan fingerprint density at radius 3 is 2.36 bits per heavy atom. The number of alkyl halides is 3. The van der Waals surface area contributed by atoms with E-state index in [0.717, 1.165) is 12.8 Å². The van der Waals surface area contributed by atoms with E-state index in [1.165, 1.54) is 28.9 Å². The van der Waals surface area contributed by atoms with Gasteiger partial charge in [0.2, 0.25) is 11.8 Å². The molecule has 0 atom stereocenters. The molecule has 2 amide bonds. The van der Waals surface area contributed by atoms with Crippen LogP contribution in [0.2, 0.25) is 0 Å². The third-order valence-electron chi connectivity index (χ3n) is 6.72. The van der Waals surface area contributed by atoms with E-state index in [1.54, 1.807) is 4.90 Å². The number of benzene rings is 1. The van der Waals surface area contributed by atoms with Gasteiger partial charge in [-0.05, 0) is 55.7 Å². The normalized spacial score (nSPS) is 21.0. The lowest BCUT2D eigenvalue weighted by Gasteiger charge is -2.31. The zero-order valence-electron chi connectivity index (χ0n) is 18.1. The average Bonchev–Trinajstić information content (AvgIpc) is 3.14. The molecule has 0 spiro atoms. The fourth-order valence-corrected chi connectivity index (χ4v) is 4.84. The molecule has 0 unspecified atom stereocenters.